The van der Waals surface area contributed by atoms with Crippen LogP contribution in [-0.2, 0) is 0 Å². The number of hydrogen-bond donors (Lipinski definition) is 1. The Labute approximate surface area is 110 Å². The molecule has 2 atom stereocenters. The molecule has 2 fully saturated rings. The summed E-state index contributed by atoms with van der Waals surface area (Å²) in [6.07, 6.45) is 0. The van der Waals surface area contributed by atoms with Crippen LogP contribution in [0.1, 0.15) is 13.8 Å². The second kappa shape index (κ2) is 5.45. The Morgan fingerprint density at radius 3 is 2.67 bits per heavy atom. The molecule has 2 aliphatic heterocycles. The Balaban J connectivity index is 1.95. The number of carbonyl (C=O) groups is 1. The predicted octanol–water partition coefficient (Wildman–Crippen LogP) is 0.282. The molecule has 104 valence electrons. The van der Waals surface area contributed by atoms with Gasteiger partial charge in [-0.2, -0.15) is 0 Å². The first-order valence-corrected chi connectivity index (χ1v) is 6.93. The minimum Gasteiger partial charge on any atom is -0.323 e. The molecule has 0 aromatic rings. The second-order valence-corrected chi connectivity index (χ2v) is 5.95. The lowest BCUT2D eigenvalue weighted by Gasteiger charge is -2.35. The fourth-order valence-electron chi connectivity index (χ4n) is 2.92. The summed E-state index contributed by atoms with van der Waals surface area (Å²) in [6.45, 7) is 9.19. The predicted molar refractivity (Wildman–Crippen MR) is 72.6 cm³/mol. The molecule has 0 saturated carbocycles. The molecule has 2 amide bonds. The third kappa shape index (κ3) is 2.62. The van der Waals surface area contributed by atoms with Crippen molar-refractivity contribution in [1.82, 2.24) is 20.0 Å². The van der Waals surface area contributed by atoms with Crippen LogP contribution in [0.5, 0.6) is 0 Å². The van der Waals surface area contributed by atoms with Gasteiger partial charge >= 0.3 is 6.03 Å². The molecule has 2 heterocycles. The largest absolute Gasteiger partial charge is 0.323 e. The van der Waals surface area contributed by atoms with Crippen molar-refractivity contribution in [2.75, 3.05) is 46.8 Å². The third-order valence-corrected chi connectivity index (χ3v) is 4.32. The number of amides is 2. The standard InChI is InChI=1S/C13H26N4O/c1-10(2)12-9-17(13(18)16(12)4)8-11-7-14-5-6-15(11)3/h10-12,14H,5-9H2,1-4H3. The third-order valence-electron chi connectivity index (χ3n) is 4.32. The zero-order valence-corrected chi connectivity index (χ0v) is 12.0. The first kappa shape index (κ1) is 13.6. The van der Waals surface area contributed by atoms with E-state index in [1.807, 2.05) is 16.8 Å². The summed E-state index contributed by atoms with van der Waals surface area (Å²) in [5.74, 6) is 0.520. The molecular weight excluding hydrogens is 228 g/mol. The topological polar surface area (TPSA) is 38.8 Å². The molecule has 2 unspecified atom stereocenters. The Bertz CT molecular complexity index is 307. The quantitative estimate of drug-likeness (QED) is 0.786. The SMILES string of the molecule is CC(C)C1CN(CC2CNCCN2C)C(=O)N1C. The Kier molecular flexibility index (Phi) is 4.12. The molecule has 0 radical (unpaired) electrons. The smallest absolute Gasteiger partial charge is 0.320 e. The van der Waals surface area contributed by atoms with Gasteiger partial charge in [0.1, 0.15) is 0 Å². The fraction of sp³-hybridized carbons (Fsp3) is 0.923. The van der Waals surface area contributed by atoms with Crippen LogP contribution in [-0.4, -0.2) is 79.6 Å². The molecule has 0 aromatic carbocycles. The maximum absolute atomic E-state index is 12.2. The highest BCUT2D eigenvalue weighted by atomic mass is 16.2. The van der Waals surface area contributed by atoms with E-state index in [0.29, 0.717) is 18.0 Å². The van der Waals surface area contributed by atoms with E-state index in [0.717, 1.165) is 32.7 Å². The van der Waals surface area contributed by atoms with Gasteiger partial charge in [0.05, 0.1) is 6.04 Å². The molecule has 0 spiro atoms. The van der Waals surface area contributed by atoms with Crippen molar-refractivity contribution in [3.05, 3.63) is 0 Å². The summed E-state index contributed by atoms with van der Waals surface area (Å²) >= 11 is 0. The average Bonchev–Trinajstić information content (AvgIpc) is 2.60. The lowest BCUT2D eigenvalue weighted by molar-refractivity contribution is 0.150. The van der Waals surface area contributed by atoms with Crippen LogP contribution in [0.2, 0.25) is 0 Å². The Hall–Kier alpha value is -0.810. The van der Waals surface area contributed by atoms with E-state index in [2.05, 4.69) is 31.1 Å². The van der Waals surface area contributed by atoms with Crippen LogP contribution in [0.3, 0.4) is 0 Å². The molecule has 0 bridgehead atoms. The Morgan fingerprint density at radius 2 is 2.11 bits per heavy atom. The van der Waals surface area contributed by atoms with Crippen molar-refractivity contribution in [3.63, 3.8) is 0 Å². The van der Waals surface area contributed by atoms with Crippen LogP contribution in [0.25, 0.3) is 0 Å². The van der Waals surface area contributed by atoms with Gasteiger partial charge in [-0.05, 0) is 13.0 Å². The minimum absolute atomic E-state index is 0.188. The number of urea groups is 1. The Morgan fingerprint density at radius 1 is 1.39 bits per heavy atom. The van der Waals surface area contributed by atoms with Crippen LogP contribution < -0.4 is 5.32 Å². The molecule has 5 heteroatoms. The maximum atomic E-state index is 12.2. The van der Waals surface area contributed by atoms with Crippen molar-refractivity contribution in [1.29, 1.82) is 0 Å². The van der Waals surface area contributed by atoms with Crippen molar-refractivity contribution in [2.24, 2.45) is 5.92 Å². The summed E-state index contributed by atoms with van der Waals surface area (Å²) in [4.78, 5) is 18.5. The highest BCUT2D eigenvalue weighted by Crippen LogP contribution is 2.21. The monoisotopic (exact) mass is 254 g/mol. The first-order valence-electron chi connectivity index (χ1n) is 6.93. The van der Waals surface area contributed by atoms with Crippen LogP contribution >= 0.6 is 0 Å². The number of rotatable bonds is 3. The van der Waals surface area contributed by atoms with E-state index in [9.17, 15) is 4.79 Å². The number of likely N-dealkylation sites (N-methyl/N-ethyl adjacent to an activating group) is 2. The van der Waals surface area contributed by atoms with E-state index < -0.39 is 0 Å². The van der Waals surface area contributed by atoms with E-state index in [1.165, 1.54) is 0 Å². The summed E-state index contributed by atoms with van der Waals surface area (Å²) < 4.78 is 0. The summed E-state index contributed by atoms with van der Waals surface area (Å²) in [6, 6.07) is 0.994. The van der Waals surface area contributed by atoms with Gasteiger partial charge in [-0.3, -0.25) is 4.90 Å². The molecule has 2 aliphatic rings. The molecule has 1 N–H and O–H groups in total. The fourth-order valence-corrected chi connectivity index (χ4v) is 2.92. The van der Waals surface area contributed by atoms with Gasteiger partial charge in [0.2, 0.25) is 0 Å². The van der Waals surface area contributed by atoms with E-state index >= 15 is 0 Å². The molecule has 0 aromatic heterocycles. The summed E-state index contributed by atoms with van der Waals surface area (Å²) in [7, 11) is 4.07. The number of carbonyl (C=O) groups excluding carboxylic acids is 1. The van der Waals surface area contributed by atoms with Gasteiger partial charge in [-0.15, -0.1) is 0 Å². The lowest BCUT2D eigenvalue weighted by Crippen LogP contribution is -2.54. The zero-order valence-electron chi connectivity index (χ0n) is 12.0. The van der Waals surface area contributed by atoms with Crippen molar-refractivity contribution in [2.45, 2.75) is 25.9 Å². The lowest BCUT2D eigenvalue weighted by atomic mass is 10.0. The first-order chi connectivity index (χ1) is 8.50. The number of piperazine rings is 1. The molecule has 5 nitrogen and oxygen atoms in total. The van der Waals surface area contributed by atoms with Crippen molar-refractivity contribution < 1.29 is 4.79 Å². The average molecular weight is 254 g/mol. The molecule has 2 saturated heterocycles. The molecule has 2 rings (SSSR count). The van der Waals surface area contributed by atoms with Gasteiger partial charge in [0.25, 0.3) is 0 Å². The maximum Gasteiger partial charge on any atom is 0.320 e. The second-order valence-electron chi connectivity index (χ2n) is 5.95. The van der Waals surface area contributed by atoms with Crippen LogP contribution in [0, 0.1) is 5.92 Å². The number of nitrogens with zero attached hydrogens (tertiary/aromatic N) is 3. The zero-order chi connectivity index (χ0) is 13.3. The summed E-state index contributed by atoms with van der Waals surface area (Å²) in [5.41, 5.74) is 0. The molecule has 0 aliphatic carbocycles. The van der Waals surface area contributed by atoms with Gasteiger partial charge in [-0.25, -0.2) is 4.79 Å². The van der Waals surface area contributed by atoms with Gasteiger partial charge in [0.15, 0.2) is 0 Å². The summed E-state index contributed by atoms with van der Waals surface area (Å²) in [5, 5.41) is 3.41. The number of hydrogen-bond acceptors (Lipinski definition) is 3. The van der Waals surface area contributed by atoms with E-state index in [1.54, 1.807) is 0 Å². The van der Waals surface area contributed by atoms with Gasteiger partial charge in [-0.1, -0.05) is 13.8 Å². The highest BCUT2D eigenvalue weighted by molar-refractivity contribution is 5.77. The normalized spacial score (nSPS) is 30.6. The molecule has 18 heavy (non-hydrogen) atoms. The molecular formula is C13H26N4O. The van der Waals surface area contributed by atoms with Crippen molar-refractivity contribution >= 4 is 6.03 Å². The van der Waals surface area contributed by atoms with E-state index in [4.69, 9.17) is 0 Å². The highest BCUT2D eigenvalue weighted by Gasteiger charge is 2.37. The van der Waals surface area contributed by atoms with Gasteiger partial charge < -0.3 is 15.1 Å². The van der Waals surface area contributed by atoms with Crippen LogP contribution in [0.15, 0.2) is 0 Å². The van der Waals surface area contributed by atoms with E-state index in [-0.39, 0.29) is 6.03 Å². The van der Waals surface area contributed by atoms with Gasteiger partial charge in [0, 0.05) is 45.8 Å². The van der Waals surface area contributed by atoms with Crippen LogP contribution in [0.4, 0.5) is 4.79 Å². The minimum atomic E-state index is 0.188. The van der Waals surface area contributed by atoms with Crippen molar-refractivity contribution in [3.8, 4) is 0 Å². The number of nitrogens with one attached hydrogen (secondary N) is 1.